The van der Waals surface area contributed by atoms with Gasteiger partial charge < -0.3 is 10.1 Å². The lowest BCUT2D eigenvalue weighted by Gasteiger charge is -2.09. The molecule has 2 rings (SSSR count). The molecule has 0 spiro atoms. The summed E-state index contributed by atoms with van der Waals surface area (Å²) in [5.41, 5.74) is 1.41. The first kappa shape index (κ1) is 14.9. The standard InChI is InChI=1S/C15H13BrClNO2/c1-20-12-5-6-14(17)13(8-12)15(19)18-9-10-3-2-4-11(16)7-10/h2-8H,9H2,1H3,(H,18,19). The van der Waals surface area contributed by atoms with E-state index in [9.17, 15) is 4.79 Å². The molecular formula is C15H13BrClNO2. The van der Waals surface area contributed by atoms with Gasteiger partial charge in [0.15, 0.2) is 0 Å². The van der Waals surface area contributed by atoms with Gasteiger partial charge in [-0.3, -0.25) is 4.79 Å². The molecule has 0 aliphatic heterocycles. The average Bonchev–Trinajstić information content (AvgIpc) is 2.45. The van der Waals surface area contributed by atoms with Crippen LogP contribution in [-0.2, 0) is 6.54 Å². The van der Waals surface area contributed by atoms with Crippen molar-refractivity contribution in [1.29, 1.82) is 0 Å². The normalized spacial score (nSPS) is 10.2. The van der Waals surface area contributed by atoms with E-state index in [4.69, 9.17) is 16.3 Å². The molecule has 0 bridgehead atoms. The SMILES string of the molecule is COc1ccc(Cl)c(C(=O)NCc2cccc(Br)c2)c1. The number of carbonyl (C=O) groups is 1. The number of nitrogens with one attached hydrogen (secondary N) is 1. The number of hydrogen-bond donors (Lipinski definition) is 1. The van der Waals surface area contributed by atoms with E-state index < -0.39 is 0 Å². The van der Waals surface area contributed by atoms with Crippen molar-refractivity contribution in [2.24, 2.45) is 0 Å². The maximum Gasteiger partial charge on any atom is 0.253 e. The molecular weight excluding hydrogens is 342 g/mol. The second kappa shape index (κ2) is 6.77. The lowest BCUT2D eigenvalue weighted by atomic mass is 10.2. The van der Waals surface area contributed by atoms with Gasteiger partial charge in [0.1, 0.15) is 5.75 Å². The van der Waals surface area contributed by atoms with Gasteiger partial charge in [-0.05, 0) is 35.9 Å². The first-order valence-electron chi connectivity index (χ1n) is 5.96. The molecule has 104 valence electrons. The number of halogens is 2. The summed E-state index contributed by atoms with van der Waals surface area (Å²) in [6, 6.07) is 12.7. The topological polar surface area (TPSA) is 38.3 Å². The number of hydrogen-bond acceptors (Lipinski definition) is 2. The zero-order valence-corrected chi connectivity index (χ0v) is 13.2. The molecule has 1 N–H and O–H groups in total. The summed E-state index contributed by atoms with van der Waals surface area (Å²) in [5, 5.41) is 3.24. The third kappa shape index (κ3) is 3.74. The van der Waals surface area contributed by atoms with Crippen LogP contribution < -0.4 is 10.1 Å². The number of rotatable bonds is 4. The quantitative estimate of drug-likeness (QED) is 0.900. The lowest BCUT2D eigenvalue weighted by molar-refractivity contribution is 0.0950. The molecule has 0 aliphatic rings. The number of carbonyl (C=O) groups excluding carboxylic acids is 1. The van der Waals surface area contributed by atoms with Gasteiger partial charge in [-0.25, -0.2) is 0 Å². The van der Waals surface area contributed by atoms with Gasteiger partial charge in [0.25, 0.3) is 5.91 Å². The van der Waals surface area contributed by atoms with Gasteiger partial charge >= 0.3 is 0 Å². The fourth-order valence-electron chi connectivity index (χ4n) is 1.73. The van der Waals surface area contributed by atoms with Crippen molar-refractivity contribution in [3.63, 3.8) is 0 Å². The van der Waals surface area contributed by atoms with Crippen molar-refractivity contribution >= 4 is 33.4 Å². The third-order valence-corrected chi connectivity index (χ3v) is 3.58. The van der Waals surface area contributed by atoms with E-state index in [2.05, 4.69) is 21.2 Å². The summed E-state index contributed by atoms with van der Waals surface area (Å²) >= 11 is 9.43. The van der Waals surface area contributed by atoms with E-state index in [1.165, 1.54) is 0 Å². The summed E-state index contributed by atoms with van der Waals surface area (Å²) in [7, 11) is 1.55. The first-order chi connectivity index (χ1) is 9.60. The van der Waals surface area contributed by atoms with Crippen molar-refractivity contribution in [2.45, 2.75) is 6.54 Å². The van der Waals surface area contributed by atoms with Crippen LogP contribution in [0.5, 0.6) is 5.75 Å². The zero-order chi connectivity index (χ0) is 14.5. The Hall–Kier alpha value is -1.52. The fourth-order valence-corrected chi connectivity index (χ4v) is 2.38. The minimum Gasteiger partial charge on any atom is -0.497 e. The molecule has 3 nitrogen and oxygen atoms in total. The van der Waals surface area contributed by atoms with E-state index in [1.54, 1.807) is 25.3 Å². The van der Waals surface area contributed by atoms with Crippen LogP contribution in [0.1, 0.15) is 15.9 Å². The van der Waals surface area contributed by atoms with Gasteiger partial charge in [0.05, 0.1) is 17.7 Å². The van der Waals surface area contributed by atoms with E-state index >= 15 is 0 Å². The van der Waals surface area contributed by atoms with Gasteiger partial charge in [-0.1, -0.05) is 39.7 Å². The zero-order valence-electron chi connectivity index (χ0n) is 10.8. The van der Waals surface area contributed by atoms with Crippen LogP contribution in [0.4, 0.5) is 0 Å². The Labute approximate surface area is 131 Å². The molecule has 2 aromatic carbocycles. The minimum absolute atomic E-state index is 0.228. The number of amides is 1. The Bertz CT molecular complexity index is 631. The molecule has 0 radical (unpaired) electrons. The molecule has 1 amide bonds. The van der Waals surface area contributed by atoms with Gasteiger partial charge in [0.2, 0.25) is 0 Å². The van der Waals surface area contributed by atoms with Crippen LogP contribution in [0.3, 0.4) is 0 Å². The Kier molecular flexibility index (Phi) is 5.04. The van der Waals surface area contributed by atoms with Crippen molar-refractivity contribution in [3.8, 4) is 5.75 Å². The fraction of sp³-hybridized carbons (Fsp3) is 0.133. The van der Waals surface area contributed by atoms with E-state index in [-0.39, 0.29) is 5.91 Å². The van der Waals surface area contributed by atoms with Crippen LogP contribution in [-0.4, -0.2) is 13.0 Å². The molecule has 0 aromatic heterocycles. The second-order valence-electron chi connectivity index (χ2n) is 4.16. The first-order valence-corrected chi connectivity index (χ1v) is 7.13. The molecule has 2 aromatic rings. The highest BCUT2D eigenvalue weighted by atomic mass is 79.9. The van der Waals surface area contributed by atoms with Gasteiger partial charge in [0, 0.05) is 11.0 Å². The molecule has 0 saturated heterocycles. The highest BCUT2D eigenvalue weighted by Crippen LogP contribution is 2.22. The summed E-state index contributed by atoms with van der Waals surface area (Å²) < 4.78 is 6.07. The van der Waals surface area contributed by atoms with Crippen molar-refractivity contribution in [3.05, 3.63) is 63.1 Å². The van der Waals surface area contributed by atoms with Crippen LogP contribution in [0.2, 0.25) is 5.02 Å². The highest BCUT2D eigenvalue weighted by Gasteiger charge is 2.11. The predicted molar refractivity (Wildman–Crippen MR) is 83.3 cm³/mol. The maximum atomic E-state index is 12.1. The predicted octanol–water partition coefficient (Wildman–Crippen LogP) is 4.04. The van der Waals surface area contributed by atoms with Crippen molar-refractivity contribution < 1.29 is 9.53 Å². The van der Waals surface area contributed by atoms with Crippen molar-refractivity contribution in [2.75, 3.05) is 7.11 Å². The number of methoxy groups -OCH3 is 1. The molecule has 0 unspecified atom stereocenters. The minimum atomic E-state index is -0.228. The smallest absolute Gasteiger partial charge is 0.253 e. The molecule has 5 heteroatoms. The lowest BCUT2D eigenvalue weighted by Crippen LogP contribution is -2.23. The number of benzene rings is 2. The molecule has 0 saturated carbocycles. The molecule has 0 heterocycles. The van der Waals surface area contributed by atoms with E-state index in [1.807, 2.05) is 24.3 Å². The Morgan fingerprint density at radius 3 is 2.80 bits per heavy atom. The maximum absolute atomic E-state index is 12.1. The summed E-state index contributed by atoms with van der Waals surface area (Å²) in [5.74, 6) is 0.371. The van der Waals surface area contributed by atoms with Crippen LogP contribution in [0, 0.1) is 0 Å². The summed E-state index contributed by atoms with van der Waals surface area (Å²) in [6.45, 7) is 0.436. The van der Waals surface area contributed by atoms with Crippen LogP contribution in [0.15, 0.2) is 46.9 Å². The Morgan fingerprint density at radius 1 is 1.30 bits per heavy atom. The van der Waals surface area contributed by atoms with Crippen molar-refractivity contribution in [1.82, 2.24) is 5.32 Å². The second-order valence-corrected chi connectivity index (χ2v) is 5.48. The van der Waals surface area contributed by atoms with E-state index in [0.717, 1.165) is 10.0 Å². The number of ether oxygens (including phenoxy) is 1. The Morgan fingerprint density at radius 2 is 2.10 bits per heavy atom. The molecule has 0 aliphatic carbocycles. The molecule has 20 heavy (non-hydrogen) atoms. The van der Waals surface area contributed by atoms with Gasteiger partial charge in [-0.15, -0.1) is 0 Å². The van der Waals surface area contributed by atoms with Crippen LogP contribution in [0.25, 0.3) is 0 Å². The molecule has 0 atom stereocenters. The monoisotopic (exact) mass is 353 g/mol. The summed E-state index contributed by atoms with van der Waals surface area (Å²) in [4.78, 5) is 12.1. The highest BCUT2D eigenvalue weighted by molar-refractivity contribution is 9.10. The average molecular weight is 355 g/mol. The largest absolute Gasteiger partial charge is 0.497 e. The summed E-state index contributed by atoms with van der Waals surface area (Å²) in [6.07, 6.45) is 0. The van der Waals surface area contributed by atoms with Gasteiger partial charge in [-0.2, -0.15) is 0 Å². The molecule has 0 fully saturated rings. The third-order valence-electron chi connectivity index (χ3n) is 2.76. The van der Waals surface area contributed by atoms with Crippen LogP contribution >= 0.6 is 27.5 Å². The Balaban J connectivity index is 2.08. The van der Waals surface area contributed by atoms with E-state index in [0.29, 0.717) is 22.9 Å².